The molecule has 0 saturated heterocycles. The second-order valence-corrected chi connectivity index (χ2v) is 3.83. The predicted octanol–water partition coefficient (Wildman–Crippen LogP) is 2.54. The van der Waals surface area contributed by atoms with Gasteiger partial charge in [-0.15, -0.1) is 0 Å². The summed E-state index contributed by atoms with van der Waals surface area (Å²) in [5.74, 6) is -0.958. The summed E-state index contributed by atoms with van der Waals surface area (Å²) in [6, 6.07) is 13.9. The number of carbonyl (C=O) groups is 1. The molecule has 0 saturated carbocycles. The Labute approximate surface area is 99.4 Å². The van der Waals surface area contributed by atoms with Crippen molar-refractivity contribution in [2.45, 2.75) is 6.42 Å². The van der Waals surface area contributed by atoms with E-state index in [0.29, 0.717) is 6.42 Å². The highest BCUT2D eigenvalue weighted by atomic mass is 16.4. The number of hydrogen-bond acceptors (Lipinski definition) is 2. The number of hydrogen-bond donors (Lipinski definition) is 1. The standard InChI is InChI=1S/C14H13NO2/c1-15-13(14(16)17)9-10-6-7-11-4-2-3-5-12(11)8-10/h2-8H,9H2,1H3,(H,16,17)/b15-13-. The first kappa shape index (κ1) is 11.3. The molecule has 2 rings (SSSR count). The summed E-state index contributed by atoms with van der Waals surface area (Å²) in [6.07, 6.45) is 0.358. The van der Waals surface area contributed by atoms with Gasteiger partial charge < -0.3 is 5.11 Å². The van der Waals surface area contributed by atoms with Gasteiger partial charge in [0.2, 0.25) is 0 Å². The van der Waals surface area contributed by atoms with E-state index in [1.165, 1.54) is 7.05 Å². The first-order valence-electron chi connectivity index (χ1n) is 5.37. The van der Waals surface area contributed by atoms with Gasteiger partial charge in [-0.2, -0.15) is 0 Å². The summed E-state index contributed by atoms with van der Waals surface area (Å²) < 4.78 is 0. The molecule has 0 bridgehead atoms. The Morgan fingerprint density at radius 3 is 2.53 bits per heavy atom. The fourth-order valence-corrected chi connectivity index (χ4v) is 1.79. The van der Waals surface area contributed by atoms with Gasteiger partial charge in [0, 0.05) is 13.5 Å². The average molecular weight is 227 g/mol. The summed E-state index contributed by atoms with van der Waals surface area (Å²) in [7, 11) is 1.50. The second kappa shape index (κ2) is 4.78. The van der Waals surface area contributed by atoms with Gasteiger partial charge in [0.15, 0.2) is 0 Å². The molecular weight excluding hydrogens is 214 g/mol. The highest BCUT2D eigenvalue weighted by Crippen LogP contribution is 2.16. The smallest absolute Gasteiger partial charge is 0.350 e. The van der Waals surface area contributed by atoms with Crippen molar-refractivity contribution in [2.24, 2.45) is 4.99 Å². The molecular formula is C14H13NO2. The van der Waals surface area contributed by atoms with Gasteiger partial charge in [-0.05, 0) is 16.3 Å². The SMILES string of the molecule is C/N=C(/Cc1ccc2ccccc2c1)C(=O)O. The van der Waals surface area contributed by atoms with Crippen LogP contribution in [0.3, 0.4) is 0 Å². The third-order valence-electron chi connectivity index (χ3n) is 2.70. The number of fused-ring (bicyclic) bond motifs is 1. The van der Waals surface area contributed by atoms with Gasteiger partial charge in [-0.25, -0.2) is 4.79 Å². The zero-order valence-electron chi connectivity index (χ0n) is 9.55. The van der Waals surface area contributed by atoms with Crippen molar-refractivity contribution in [2.75, 3.05) is 7.05 Å². The Morgan fingerprint density at radius 2 is 1.88 bits per heavy atom. The summed E-state index contributed by atoms with van der Waals surface area (Å²) in [5, 5.41) is 11.2. The molecule has 0 spiro atoms. The van der Waals surface area contributed by atoms with E-state index in [9.17, 15) is 4.79 Å². The van der Waals surface area contributed by atoms with Crippen molar-refractivity contribution in [3.8, 4) is 0 Å². The molecule has 0 radical (unpaired) electrons. The lowest BCUT2D eigenvalue weighted by molar-refractivity contribution is -0.129. The third kappa shape index (κ3) is 2.50. The van der Waals surface area contributed by atoms with E-state index < -0.39 is 5.97 Å². The van der Waals surface area contributed by atoms with Gasteiger partial charge in [0.1, 0.15) is 5.71 Å². The minimum atomic E-state index is -0.958. The number of rotatable bonds is 3. The molecule has 0 aliphatic heterocycles. The maximum atomic E-state index is 10.9. The van der Waals surface area contributed by atoms with E-state index in [1.807, 2.05) is 42.5 Å². The zero-order valence-corrected chi connectivity index (χ0v) is 9.55. The fourth-order valence-electron chi connectivity index (χ4n) is 1.79. The molecule has 0 aliphatic rings. The molecule has 0 aromatic heterocycles. The van der Waals surface area contributed by atoms with Gasteiger partial charge in [0.25, 0.3) is 0 Å². The largest absolute Gasteiger partial charge is 0.477 e. The first-order chi connectivity index (χ1) is 8.20. The molecule has 0 unspecified atom stereocenters. The molecule has 0 fully saturated rings. The fraction of sp³-hybridized carbons (Fsp3) is 0.143. The predicted molar refractivity (Wildman–Crippen MR) is 68.6 cm³/mol. The van der Waals surface area contributed by atoms with Crippen LogP contribution in [0.5, 0.6) is 0 Å². The molecule has 86 valence electrons. The number of benzene rings is 2. The van der Waals surface area contributed by atoms with Crippen LogP contribution in [0.2, 0.25) is 0 Å². The van der Waals surface area contributed by atoms with Crippen molar-refractivity contribution in [3.63, 3.8) is 0 Å². The quantitative estimate of drug-likeness (QED) is 0.819. The highest BCUT2D eigenvalue weighted by molar-refractivity contribution is 6.36. The van der Waals surface area contributed by atoms with Crippen molar-refractivity contribution < 1.29 is 9.90 Å². The van der Waals surface area contributed by atoms with Crippen molar-refractivity contribution >= 4 is 22.5 Å². The molecule has 2 aromatic rings. The molecule has 0 atom stereocenters. The van der Waals surface area contributed by atoms with E-state index in [-0.39, 0.29) is 5.71 Å². The zero-order chi connectivity index (χ0) is 12.3. The number of aliphatic carboxylic acids is 1. The minimum absolute atomic E-state index is 0.181. The number of aliphatic imine (C=N–C) groups is 1. The third-order valence-corrected chi connectivity index (χ3v) is 2.70. The molecule has 17 heavy (non-hydrogen) atoms. The molecule has 3 heteroatoms. The van der Waals surface area contributed by atoms with E-state index >= 15 is 0 Å². The second-order valence-electron chi connectivity index (χ2n) is 3.83. The lowest BCUT2D eigenvalue weighted by Crippen LogP contribution is -2.15. The Hall–Kier alpha value is -2.16. The molecule has 0 amide bonds. The van der Waals surface area contributed by atoms with E-state index in [2.05, 4.69) is 4.99 Å². The summed E-state index contributed by atoms with van der Waals surface area (Å²) >= 11 is 0. The van der Waals surface area contributed by atoms with Crippen molar-refractivity contribution in [1.29, 1.82) is 0 Å². The number of carboxylic acid groups (broad SMARTS) is 1. The first-order valence-corrected chi connectivity index (χ1v) is 5.37. The molecule has 1 N–H and O–H groups in total. The van der Waals surface area contributed by atoms with Crippen LogP contribution in [-0.4, -0.2) is 23.8 Å². The molecule has 3 nitrogen and oxygen atoms in total. The van der Waals surface area contributed by atoms with Crippen molar-refractivity contribution in [3.05, 3.63) is 48.0 Å². The lowest BCUT2D eigenvalue weighted by atomic mass is 10.0. The van der Waals surface area contributed by atoms with Crippen LogP contribution in [0.15, 0.2) is 47.5 Å². The van der Waals surface area contributed by atoms with Crippen LogP contribution in [-0.2, 0) is 11.2 Å². The Bertz CT molecular complexity index is 588. The maximum Gasteiger partial charge on any atom is 0.350 e. The van der Waals surface area contributed by atoms with Gasteiger partial charge in [-0.1, -0.05) is 42.5 Å². The van der Waals surface area contributed by atoms with Gasteiger partial charge in [0.05, 0.1) is 0 Å². The van der Waals surface area contributed by atoms with Crippen molar-refractivity contribution in [1.82, 2.24) is 0 Å². The summed E-state index contributed by atoms with van der Waals surface area (Å²) in [6.45, 7) is 0. The van der Waals surface area contributed by atoms with Gasteiger partial charge >= 0.3 is 5.97 Å². The Morgan fingerprint density at radius 1 is 1.18 bits per heavy atom. The highest BCUT2D eigenvalue weighted by Gasteiger charge is 2.09. The molecule has 0 aliphatic carbocycles. The molecule has 2 aromatic carbocycles. The van der Waals surface area contributed by atoms with E-state index in [1.54, 1.807) is 0 Å². The monoisotopic (exact) mass is 227 g/mol. The van der Waals surface area contributed by atoms with E-state index in [4.69, 9.17) is 5.11 Å². The minimum Gasteiger partial charge on any atom is -0.477 e. The van der Waals surface area contributed by atoms with Gasteiger partial charge in [-0.3, -0.25) is 4.99 Å². The van der Waals surface area contributed by atoms with Crippen LogP contribution in [0.25, 0.3) is 10.8 Å². The molecule has 0 heterocycles. The number of nitrogens with zero attached hydrogens (tertiary/aromatic N) is 1. The Kier molecular flexibility index (Phi) is 3.19. The average Bonchev–Trinajstić information content (AvgIpc) is 2.35. The maximum absolute atomic E-state index is 10.9. The normalized spacial score (nSPS) is 11.7. The Balaban J connectivity index is 2.34. The lowest BCUT2D eigenvalue weighted by Gasteiger charge is -2.03. The summed E-state index contributed by atoms with van der Waals surface area (Å²) in [5.41, 5.74) is 1.15. The van der Waals surface area contributed by atoms with E-state index in [0.717, 1.165) is 16.3 Å². The van der Waals surface area contributed by atoms with Crippen LogP contribution < -0.4 is 0 Å². The topological polar surface area (TPSA) is 49.7 Å². The number of carboxylic acids is 1. The van der Waals surface area contributed by atoms with Crippen LogP contribution in [0.4, 0.5) is 0 Å². The van der Waals surface area contributed by atoms with Crippen LogP contribution in [0.1, 0.15) is 5.56 Å². The summed E-state index contributed by atoms with van der Waals surface area (Å²) in [4.78, 5) is 14.6. The van der Waals surface area contributed by atoms with Crippen LogP contribution >= 0.6 is 0 Å². The van der Waals surface area contributed by atoms with Crippen LogP contribution in [0, 0.1) is 0 Å².